The summed E-state index contributed by atoms with van der Waals surface area (Å²) in [6.45, 7) is 0. The molecule has 3 N–H and O–H groups in total. The summed E-state index contributed by atoms with van der Waals surface area (Å²) in [5.74, 6) is 0.117. The number of hydrogen-bond acceptors (Lipinski definition) is 6. The van der Waals surface area contributed by atoms with Gasteiger partial charge in [0.2, 0.25) is 5.88 Å². The molecule has 1 aromatic carbocycles. The Morgan fingerprint density at radius 1 is 1.10 bits per heavy atom. The predicted molar refractivity (Wildman–Crippen MR) is 75.2 cm³/mol. The Balaban J connectivity index is 2.40. The standard InChI is InChI=1S/C14H14N2O5/c1-19-9-4-10(20-2)6-11(5-9)21-13-12(14(17)18)3-8(15)7-16-13/h3-7H,15H2,1-2H3,(H,17,18). The van der Waals surface area contributed by atoms with Crippen LogP contribution in [0.25, 0.3) is 0 Å². The van der Waals surface area contributed by atoms with Gasteiger partial charge in [0.05, 0.1) is 26.1 Å². The number of hydrogen-bond donors (Lipinski definition) is 2. The van der Waals surface area contributed by atoms with Crippen LogP contribution in [0, 0.1) is 0 Å². The minimum absolute atomic E-state index is 0.0630. The van der Waals surface area contributed by atoms with E-state index in [4.69, 9.17) is 25.1 Å². The van der Waals surface area contributed by atoms with Gasteiger partial charge in [0.15, 0.2) is 0 Å². The zero-order valence-corrected chi connectivity index (χ0v) is 11.5. The third-order valence-electron chi connectivity index (χ3n) is 2.64. The molecule has 0 aliphatic carbocycles. The van der Waals surface area contributed by atoms with E-state index < -0.39 is 5.97 Å². The first-order chi connectivity index (χ1) is 10.0. The molecule has 0 radical (unpaired) electrons. The molecule has 0 fully saturated rings. The lowest BCUT2D eigenvalue weighted by molar-refractivity contribution is 0.0693. The number of nitrogen functional groups attached to an aromatic ring is 1. The van der Waals surface area contributed by atoms with Crippen molar-refractivity contribution < 1.29 is 24.1 Å². The third-order valence-corrected chi connectivity index (χ3v) is 2.64. The smallest absolute Gasteiger partial charge is 0.341 e. The summed E-state index contributed by atoms with van der Waals surface area (Å²) in [5, 5.41) is 9.14. The zero-order chi connectivity index (χ0) is 15.4. The normalized spacial score (nSPS) is 10.0. The zero-order valence-electron chi connectivity index (χ0n) is 11.5. The van der Waals surface area contributed by atoms with Gasteiger partial charge in [-0.1, -0.05) is 0 Å². The molecule has 21 heavy (non-hydrogen) atoms. The van der Waals surface area contributed by atoms with Crippen molar-refractivity contribution in [2.24, 2.45) is 0 Å². The molecule has 0 aliphatic rings. The van der Waals surface area contributed by atoms with Gasteiger partial charge in [-0.05, 0) is 6.07 Å². The molecule has 0 saturated heterocycles. The van der Waals surface area contributed by atoms with Crippen LogP contribution in [0.5, 0.6) is 23.1 Å². The SMILES string of the molecule is COc1cc(OC)cc(Oc2ncc(N)cc2C(=O)O)c1. The fraction of sp³-hybridized carbons (Fsp3) is 0.143. The first-order valence-corrected chi connectivity index (χ1v) is 5.93. The number of anilines is 1. The molecule has 0 amide bonds. The van der Waals surface area contributed by atoms with Crippen LogP contribution in [-0.2, 0) is 0 Å². The van der Waals surface area contributed by atoms with Crippen LogP contribution in [0.1, 0.15) is 10.4 Å². The highest BCUT2D eigenvalue weighted by molar-refractivity contribution is 5.91. The second-order valence-electron chi connectivity index (χ2n) is 4.08. The molecule has 7 nitrogen and oxygen atoms in total. The summed E-state index contributed by atoms with van der Waals surface area (Å²) in [5.41, 5.74) is 5.64. The molecule has 110 valence electrons. The van der Waals surface area contributed by atoms with Crippen molar-refractivity contribution in [2.75, 3.05) is 20.0 Å². The van der Waals surface area contributed by atoms with E-state index in [2.05, 4.69) is 4.98 Å². The van der Waals surface area contributed by atoms with Crippen molar-refractivity contribution >= 4 is 11.7 Å². The van der Waals surface area contributed by atoms with E-state index in [0.29, 0.717) is 17.2 Å². The highest BCUT2D eigenvalue weighted by atomic mass is 16.5. The highest BCUT2D eigenvalue weighted by Gasteiger charge is 2.15. The third kappa shape index (κ3) is 3.33. The van der Waals surface area contributed by atoms with Gasteiger partial charge in [-0.25, -0.2) is 9.78 Å². The second-order valence-corrected chi connectivity index (χ2v) is 4.08. The highest BCUT2D eigenvalue weighted by Crippen LogP contribution is 2.31. The Labute approximate surface area is 120 Å². The van der Waals surface area contributed by atoms with E-state index in [1.54, 1.807) is 18.2 Å². The van der Waals surface area contributed by atoms with Gasteiger partial charge in [-0.2, -0.15) is 0 Å². The molecule has 7 heteroatoms. The molecule has 2 rings (SSSR count). The average molecular weight is 290 g/mol. The van der Waals surface area contributed by atoms with E-state index in [9.17, 15) is 4.79 Å². The largest absolute Gasteiger partial charge is 0.496 e. The molecule has 2 aromatic rings. The fourth-order valence-corrected chi connectivity index (χ4v) is 1.65. The summed E-state index contributed by atoms with van der Waals surface area (Å²) in [4.78, 5) is 15.1. The average Bonchev–Trinajstić information content (AvgIpc) is 2.48. The lowest BCUT2D eigenvalue weighted by atomic mass is 10.2. The van der Waals surface area contributed by atoms with E-state index in [-0.39, 0.29) is 17.1 Å². The molecule has 0 unspecified atom stereocenters. The van der Waals surface area contributed by atoms with Crippen molar-refractivity contribution in [3.8, 4) is 23.1 Å². The lowest BCUT2D eigenvalue weighted by Crippen LogP contribution is -2.03. The summed E-state index contributed by atoms with van der Waals surface area (Å²) in [6, 6.07) is 6.13. The minimum Gasteiger partial charge on any atom is -0.496 e. The maximum absolute atomic E-state index is 11.2. The number of nitrogens with zero attached hydrogens (tertiary/aromatic N) is 1. The number of ether oxygens (including phenoxy) is 3. The Kier molecular flexibility index (Phi) is 4.13. The van der Waals surface area contributed by atoms with Crippen molar-refractivity contribution in [2.45, 2.75) is 0 Å². The summed E-state index contributed by atoms with van der Waals surface area (Å²) in [7, 11) is 3.01. The number of aromatic nitrogens is 1. The maximum Gasteiger partial charge on any atom is 0.341 e. The van der Waals surface area contributed by atoms with Crippen LogP contribution < -0.4 is 19.9 Å². The minimum atomic E-state index is -1.18. The van der Waals surface area contributed by atoms with Gasteiger partial charge in [0.25, 0.3) is 0 Å². The predicted octanol–water partition coefficient (Wildman–Crippen LogP) is 2.17. The number of carboxylic acids is 1. The van der Waals surface area contributed by atoms with Crippen molar-refractivity contribution in [1.29, 1.82) is 0 Å². The number of methoxy groups -OCH3 is 2. The molecule has 1 aromatic heterocycles. The Morgan fingerprint density at radius 2 is 1.67 bits per heavy atom. The number of pyridine rings is 1. The topological polar surface area (TPSA) is 104 Å². The maximum atomic E-state index is 11.2. The number of aromatic carboxylic acids is 1. The van der Waals surface area contributed by atoms with E-state index >= 15 is 0 Å². The molecule has 0 saturated carbocycles. The van der Waals surface area contributed by atoms with Crippen LogP contribution >= 0.6 is 0 Å². The van der Waals surface area contributed by atoms with Crippen LogP contribution in [0.2, 0.25) is 0 Å². The summed E-state index contributed by atoms with van der Waals surface area (Å²) in [6.07, 6.45) is 1.32. The first kappa shape index (κ1) is 14.4. The molecular formula is C14H14N2O5. The lowest BCUT2D eigenvalue weighted by Gasteiger charge is -2.11. The van der Waals surface area contributed by atoms with Crippen LogP contribution in [0.3, 0.4) is 0 Å². The first-order valence-electron chi connectivity index (χ1n) is 5.93. The van der Waals surface area contributed by atoms with Crippen molar-refractivity contribution in [3.05, 3.63) is 36.0 Å². The van der Waals surface area contributed by atoms with Gasteiger partial charge in [-0.15, -0.1) is 0 Å². The fourth-order valence-electron chi connectivity index (χ4n) is 1.65. The number of rotatable bonds is 5. The number of nitrogens with two attached hydrogens (primary N) is 1. The van der Waals surface area contributed by atoms with Crippen molar-refractivity contribution in [1.82, 2.24) is 4.98 Å². The Bertz CT molecular complexity index is 650. The van der Waals surface area contributed by atoms with E-state index in [1.807, 2.05) is 0 Å². The summed E-state index contributed by atoms with van der Waals surface area (Å²) < 4.78 is 15.7. The molecule has 0 spiro atoms. The Hall–Kier alpha value is -2.96. The van der Waals surface area contributed by atoms with Gasteiger partial charge in [0.1, 0.15) is 22.8 Å². The van der Waals surface area contributed by atoms with Crippen LogP contribution in [-0.4, -0.2) is 30.3 Å². The number of carboxylic acid groups (broad SMARTS) is 1. The van der Waals surface area contributed by atoms with E-state index in [0.717, 1.165) is 0 Å². The summed E-state index contributed by atoms with van der Waals surface area (Å²) >= 11 is 0. The Morgan fingerprint density at radius 3 is 2.19 bits per heavy atom. The molecular weight excluding hydrogens is 276 g/mol. The van der Waals surface area contributed by atoms with Gasteiger partial charge < -0.3 is 25.1 Å². The van der Waals surface area contributed by atoms with Gasteiger partial charge in [0, 0.05) is 18.2 Å². The molecule has 0 aliphatic heterocycles. The number of benzene rings is 1. The van der Waals surface area contributed by atoms with E-state index in [1.165, 1.54) is 26.5 Å². The number of carbonyl (C=O) groups is 1. The molecule has 1 heterocycles. The van der Waals surface area contributed by atoms with Crippen molar-refractivity contribution in [3.63, 3.8) is 0 Å². The quantitative estimate of drug-likeness (QED) is 0.869. The second kappa shape index (κ2) is 6.00. The molecule has 0 atom stereocenters. The van der Waals surface area contributed by atoms with Crippen LogP contribution in [0.15, 0.2) is 30.5 Å². The van der Waals surface area contributed by atoms with Crippen LogP contribution in [0.4, 0.5) is 5.69 Å². The van der Waals surface area contributed by atoms with Gasteiger partial charge in [-0.3, -0.25) is 0 Å². The monoisotopic (exact) mass is 290 g/mol. The molecule has 0 bridgehead atoms. The van der Waals surface area contributed by atoms with Gasteiger partial charge >= 0.3 is 5.97 Å².